The summed E-state index contributed by atoms with van der Waals surface area (Å²) in [6, 6.07) is 41.5. The molecule has 1 aliphatic carbocycles. The molecule has 226 valence electrons. The second-order valence-electron chi connectivity index (χ2n) is 11.0. The third kappa shape index (κ3) is 7.23. The minimum absolute atomic E-state index is 0.282. The van der Waals surface area contributed by atoms with Crippen molar-refractivity contribution in [2.45, 2.75) is 25.6 Å². The van der Waals surface area contributed by atoms with Crippen molar-refractivity contribution in [3.63, 3.8) is 0 Å². The van der Waals surface area contributed by atoms with Gasteiger partial charge in [0, 0.05) is 13.0 Å². The zero-order valence-electron chi connectivity index (χ0n) is 25.3. The first-order chi connectivity index (χ1) is 22.1. The van der Waals surface area contributed by atoms with E-state index >= 15 is 0 Å². The molecule has 0 saturated heterocycles. The average Bonchev–Trinajstić information content (AvgIpc) is 3.24. The number of fused-ring (bicyclic) bond motifs is 2. The molecule has 5 aromatic rings. The van der Waals surface area contributed by atoms with Crippen LogP contribution < -0.4 is 4.74 Å². The zero-order valence-corrected chi connectivity index (χ0v) is 25.3. The first-order valence-electron chi connectivity index (χ1n) is 15.3. The Bertz CT molecular complexity index is 1760. The summed E-state index contributed by atoms with van der Waals surface area (Å²) in [7, 11) is 0. The van der Waals surface area contributed by atoms with E-state index < -0.39 is 12.1 Å². The third-order valence-electron chi connectivity index (χ3n) is 8.02. The van der Waals surface area contributed by atoms with Gasteiger partial charge in [0.25, 0.3) is 0 Å². The number of ether oxygens (including phenoxy) is 3. The van der Waals surface area contributed by atoms with Crippen molar-refractivity contribution in [2.24, 2.45) is 0 Å². The second-order valence-corrected chi connectivity index (χ2v) is 11.0. The smallest absolute Gasteiger partial charge is 0.333 e. The Morgan fingerprint density at radius 1 is 0.689 bits per heavy atom. The lowest BCUT2D eigenvalue weighted by Gasteiger charge is -2.22. The molecule has 0 amide bonds. The number of rotatable bonds is 12. The van der Waals surface area contributed by atoms with Crippen molar-refractivity contribution in [3.05, 3.63) is 149 Å². The molecule has 0 aromatic heterocycles. The highest BCUT2D eigenvalue weighted by atomic mass is 16.5. The van der Waals surface area contributed by atoms with Crippen molar-refractivity contribution < 1.29 is 24.1 Å². The number of aliphatic carboxylic acids is 1. The molecular weight excluding hydrogens is 560 g/mol. The Morgan fingerprint density at radius 3 is 2.00 bits per heavy atom. The van der Waals surface area contributed by atoms with E-state index in [0.717, 1.165) is 44.5 Å². The molecule has 2 atom stereocenters. The Hall–Kier alpha value is -4.97. The first-order valence-corrected chi connectivity index (χ1v) is 15.3. The monoisotopic (exact) mass is 596 g/mol. The molecule has 0 aliphatic heterocycles. The van der Waals surface area contributed by atoms with Crippen LogP contribution in [0.3, 0.4) is 0 Å². The van der Waals surface area contributed by atoms with Crippen LogP contribution in [0.2, 0.25) is 0 Å². The number of carbonyl (C=O) groups is 1. The van der Waals surface area contributed by atoms with E-state index in [1.54, 1.807) is 6.92 Å². The quantitative estimate of drug-likeness (QED) is 0.146. The molecule has 0 spiro atoms. The van der Waals surface area contributed by atoms with E-state index in [9.17, 15) is 9.90 Å². The van der Waals surface area contributed by atoms with Crippen LogP contribution in [0.5, 0.6) is 5.75 Å². The summed E-state index contributed by atoms with van der Waals surface area (Å²) in [5, 5.41) is 9.38. The van der Waals surface area contributed by atoms with Crippen LogP contribution in [0.4, 0.5) is 0 Å². The van der Waals surface area contributed by atoms with Gasteiger partial charge in [-0.1, -0.05) is 109 Å². The molecule has 2 unspecified atom stereocenters. The van der Waals surface area contributed by atoms with Gasteiger partial charge in [0.05, 0.1) is 6.61 Å². The molecule has 0 heterocycles. The molecule has 5 aromatic carbocycles. The molecule has 1 aliphatic rings. The number of carboxylic acid groups (broad SMARTS) is 1. The number of hydrogen-bond donors (Lipinski definition) is 1. The van der Waals surface area contributed by atoms with Crippen LogP contribution in [-0.2, 0) is 20.7 Å². The van der Waals surface area contributed by atoms with Crippen LogP contribution in [0.25, 0.3) is 34.4 Å². The van der Waals surface area contributed by atoms with Crippen molar-refractivity contribution in [3.8, 4) is 28.0 Å². The summed E-state index contributed by atoms with van der Waals surface area (Å²) < 4.78 is 18.0. The lowest BCUT2D eigenvalue weighted by molar-refractivity contribution is -0.149. The molecule has 0 saturated carbocycles. The molecule has 0 bridgehead atoms. The van der Waals surface area contributed by atoms with Crippen LogP contribution in [0.1, 0.15) is 40.8 Å². The predicted molar refractivity (Wildman–Crippen MR) is 179 cm³/mol. The summed E-state index contributed by atoms with van der Waals surface area (Å²) >= 11 is 0. The Morgan fingerprint density at radius 2 is 1.33 bits per heavy atom. The molecule has 1 N–H and O–H groups in total. The van der Waals surface area contributed by atoms with Crippen molar-refractivity contribution in [1.29, 1.82) is 0 Å². The van der Waals surface area contributed by atoms with Crippen molar-refractivity contribution >= 4 is 18.1 Å². The van der Waals surface area contributed by atoms with Crippen molar-refractivity contribution in [2.75, 3.05) is 19.8 Å². The summed E-state index contributed by atoms with van der Waals surface area (Å²) in [5.74, 6) is -0.258. The molecule has 0 radical (unpaired) electrons. The van der Waals surface area contributed by atoms with E-state index in [2.05, 4.69) is 97.1 Å². The van der Waals surface area contributed by atoms with Gasteiger partial charge in [-0.25, -0.2) is 4.79 Å². The maximum absolute atomic E-state index is 11.4. The normalized spacial score (nSPS) is 14.2. The maximum Gasteiger partial charge on any atom is 0.333 e. The molecule has 45 heavy (non-hydrogen) atoms. The highest BCUT2D eigenvalue weighted by Gasteiger charge is 2.24. The fourth-order valence-electron chi connectivity index (χ4n) is 5.74. The number of carboxylic acids is 1. The van der Waals surface area contributed by atoms with Crippen LogP contribution in [0.15, 0.2) is 121 Å². The van der Waals surface area contributed by atoms with Gasteiger partial charge in [0.1, 0.15) is 18.5 Å². The molecule has 5 heteroatoms. The SMILES string of the molecule is CCOC(Cc1ccc(OCCOC2c3ccc(-c4ccccc4)cc3C=Cc3ccc(-c4ccccc4)cc32)cc1)C(=O)O. The van der Waals surface area contributed by atoms with Gasteiger partial charge in [-0.3, -0.25) is 0 Å². The predicted octanol–water partition coefficient (Wildman–Crippen LogP) is 8.72. The maximum atomic E-state index is 11.4. The fraction of sp³-hybridized carbons (Fsp3) is 0.175. The van der Waals surface area contributed by atoms with E-state index in [1.165, 1.54) is 5.56 Å². The Balaban J connectivity index is 1.21. The number of hydrogen-bond acceptors (Lipinski definition) is 4. The van der Waals surface area contributed by atoms with E-state index in [4.69, 9.17) is 14.2 Å². The third-order valence-corrected chi connectivity index (χ3v) is 8.02. The summed E-state index contributed by atoms with van der Waals surface area (Å²) in [6.45, 7) is 2.89. The minimum Gasteiger partial charge on any atom is -0.491 e. The van der Waals surface area contributed by atoms with Gasteiger partial charge in [-0.2, -0.15) is 0 Å². The van der Waals surface area contributed by atoms with Gasteiger partial charge >= 0.3 is 5.97 Å². The second kappa shape index (κ2) is 14.2. The zero-order chi connectivity index (χ0) is 31.0. The Labute approximate surface area is 264 Å². The minimum atomic E-state index is -0.960. The lowest BCUT2D eigenvalue weighted by Crippen LogP contribution is -2.26. The molecule has 5 nitrogen and oxygen atoms in total. The Kier molecular flexibility index (Phi) is 9.50. The van der Waals surface area contributed by atoms with E-state index in [-0.39, 0.29) is 6.10 Å². The standard InChI is InChI=1S/C40H36O5/c1-2-43-38(40(41)42)25-28-13-20-35(21-14-28)44-23-24-45-39-36-22-19-32(29-9-5-3-6-10-29)26-34(36)18-16-31-15-17-33(27-37(31)39)30-11-7-4-8-12-30/h3-22,26-27,38-39H,2,23-25H2,1H3,(H,41,42). The first kappa shape index (κ1) is 30.1. The lowest BCUT2D eigenvalue weighted by atomic mass is 9.91. The highest BCUT2D eigenvalue weighted by Crippen LogP contribution is 2.39. The van der Waals surface area contributed by atoms with Gasteiger partial charge in [-0.05, 0) is 81.3 Å². The van der Waals surface area contributed by atoms with E-state index in [0.29, 0.717) is 32.0 Å². The summed E-state index contributed by atoms with van der Waals surface area (Å²) in [5.41, 5.74) is 10.0. The van der Waals surface area contributed by atoms with Gasteiger partial charge in [0.2, 0.25) is 0 Å². The largest absolute Gasteiger partial charge is 0.491 e. The topological polar surface area (TPSA) is 65.0 Å². The van der Waals surface area contributed by atoms with Gasteiger partial charge in [0.15, 0.2) is 6.10 Å². The highest BCUT2D eigenvalue weighted by molar-refractivity contribution is 5.81. The number of benzene rings is 5. The van der Waals surface area contributed by atoms with Crippen molar-refractivity contribution in [1.82, 2.24) is 0 Å². The van der Waals surface area contributed by atoms with Crippen LogP contribution in [0, 0.1) is 0 Å². The van der Waals surface area contributed by atoms with Crippen LogP contribution in [-0.4, -0.2) is 37.0 Å². The molecule has 0 fully saturated rings. The summed E-state index contributed by atoms with van der Waals surface area (Å²) in [6.07, 6.45) is 3.53. The summed E-state index contributed by atoms with van der Waals surface area (Å²) in [4.78, 5) is 11.4. The average molecular weight is 597 g/mol. The van der Waals surface area contributed by atoms with Gasteiger partial charge < -0.3 is 19.3 Å². The fourth-order valence-corrected chi connectivity index (χ4v) is 5.74. The van der Waals surface area contributed by atoms with Crippen LogP contribution >= 0.6 is 0 Å². The molecule has 6 rings (SSSR count). The van der Waals surface area contributed by atoms with Gasteiger partial charge in [-0.15, -0.1) is 0 Å². The molecular formula is C40H36O5. The van der Waals surface area contributed by atoms with E-state index in [1.807, 2.05) is 36.4 Å².